The Labute approximate surface area is 462 Å². The highest BCUT2D eigenvalue weighted by Gasteiger charge is 2.45. The van der Waals surface area contributed by atoms with Crippen LogP contribution in [0.15, 0.2) is 42.7 Å². The first-order valence-electron chi connectivity index (χ1n) is 25.5. The zero-order valence-electron chi connectivity index (χ0n) is 43.7. The fraction of sp³-hybridized carbons (Fsp3) is 0.592. The Balaban J connectivity index is 0.636. The second kappa shape index (κ2) is 32.0. The minimum Gasteiger partial charge on any atom is -0.491 e. The number of anilines is 1. The minimum absolute atomic E-state index is 0.0500. The topological polar surface area (TPSA) is 303 Å². The summed E-state index contributed by atoms with van der Waals surface area (Å²) in [7, 11) is -4.44. The summed E-state index contributed by atoms with van der Waals surface area (Å²) in [5, 5.41) is 34.4. The van der Waals surface area contributed by atoms with Gasteiger partial charge in [0.05, 0.1) is 143 Å². The highest BCUT2D eigenvalue weighted by Crippen LogP contribution is 2.39. The van der Waals surface area contributed by atoms with Gasteiger partial charge in [0.2, 0.25) is 11.0 Å². The predicted octanol–water partition coefficient (Wildman–Crippen LogP) is 2.88. The van der Waals surface area contributed by atoms with Crippen LogP contribution in [-0.2, 0) is 69.9 Å². The first-order chi connectivity index (χ1) is 38.6. The Hall–Kier alpha value is -5.05. The van der Waals surface area contributed by atoms with Crippen LogP contribution in [0.3, 0.4) is 0 Å². The Bertz CT molecular complexity index is 2740. The summed E-state index contributed by atoms with van der Waals surface area (Å²) in [4.78, 5) is 40.7. The SMILES string of the molecule is Cc1cc(C2CN(c3nc(Cl)nc4c3cnn4[C@@H]3OC(COCP(=O)(O)O)[C@@H](O)[C@H]3O)C2)ccc1OCCOCCOCCOCCOCc1cn(CCOCCOCCOCCOCCC(=O)Oc2c(F)cc(F)cc2F)nn1. The smallest absolute Gasteiger partial charge is 0.350 e. The summed E-state index contributed by atoms with van der Waals surface area (Å²) >= 11 is 6.35. The van der Waals surface area contributed by atoms with Gasteiger partial charge in [-0.05, 0) is 35.7 Å². The molecule has 7 rings (SSSR count). The molecule has 0 amide bonds. The fourth-order valence-corrected chi connectivity index (χ4v) is 8.55. The molecule has 442 valence electrons. The van der Waals surface area contributed by atoms with E-state index in [1.165, 1.54) is 10.9 Å². The van der Waals surface area contributed by atoms with Gasteiger partial charge in [0.25, 0.3) is 0 Å². The van der Waals surface area contributed by atoms with Crippen LogP contribution in [0.2, 0.25) is 5.28 Å². The van der Waals surface area contributed by atoms with Gasteiger partial charge in [0.15, 0.2) is 23.5 Å². The van der Waals surface area contributed by atoms with Gasteiger partial charge in [-0.2, -0.15) is 15.1 Å². The van der Waals surface area contributed by atoms with Gasteiger partial charge in [-0.25, -0.2) is 22.5 Å². The van der Waals surface area contributed by atoms with E-state index in [4.69, 9.17) is 73.5 Å². The number of fused-ring (bicyclic) bond motifs is 1. The number of ether oxygens (including phenoxy) is 12. The molecular weight excluding hydrogens is 1110 g/mol. The highest BCUT2D eigenvalue weighted by atomic mass is 35.5. The van der Waals surface area contributed by atoms with Crippen LogP contribution >= 0.6 is 19.2 Å². The lowest BCUT2D eigenvalue weighted by atomic mass is 9.90. The van der Waals surface area contributed by atoms with Crippen LogP contribution < -0.4 is 14.4 Å². The zero-order chi connectivity index (χ0) is 56.9. The van der Waals surface area contributed by atoms with E-state index in [-0.39, 0.29) is 56.3 Å². The maximum atomic E-state index is 13.6. The van der Waals surface area contributed by atoms with Crippen molar-refractivity contribution in [1.82, 2.24) is 34.7 Å². The average Bonchev–Trinajstić information content (AvgIpc) is 4.11. The third-order valence-electron chi connectivity index (χ3n) is 12.0. The van der Waals surface area contributed by atoms with Crippen LogP contribution in [0.5, 0.6) is 11.5 Å². The summed E-state index contributed by atoms with van der Waals surface area (Å²) in [5.74, 6) is -4.13. The quantitative estimate of drug-likeness (QED) is 0.0145. The van der Waals surface area contributed by atoms with Gasteiger partial charge in [0.1, 0.15) is 54.3 Å². The molecule has 5 heterocycles. The number of carbonyl (C=O) groups is 1. The molecule has 2 aromatic carbocycles. The maximum Gasteiger partial charge on any atom is 0.350 e. The minimum atomic E-state index is -4.44. The lowest BCUT2D eigenvalue weighted by molar-refractivity contribution is -0.136. The molecular formula is C49H65ClF3N8O18P. The fourth-order valence-electron chi connectivity index (χ4n) is 8.05. The number of aromatic nitrogens is 7. The second-order valence-electron chi connectivity index (χ2n) is 18.1. The first-order valence-corrected chi connectivity index (χ1v) is 27.7. The molecule has 4 atom stereocenters. The molecule has 2 aliphatic rings. The van der Waals surface area contributed by atoms with Gasteiger partial charge in [0, 0.05) is 31.1 Å². The maximum absolute atomic E-state index is 13.6. The van der Waals surface area contributed by atoms with Crippen LogP contribution in [0.25, 0.3) is 11.0 Å². The Kier molecular flexibility index (Phi) is 25.0. The molecule has 1 unspecified atom stereocenters. The summed E-state index contributed by atoms with van der Waals surface area (Å²) < 4.78 is 120. The van der Waals surface area contributed by atoms with E-state index < -0.39 is 67.7 Å². The molecule has 0 saturated carbocycles. The lowest BCUT2D eigenvalue weighted by Crippen LogP contribution is -2.45. The van der Waals surface area contributed by atoms with Crippen molar-refractivity contribution in [2.45, 2.75) is 57.0 Å². The van der Waals surface area contributed by atoms with Crippen molar-refractivity contribution in [1.29, 1.82) is 0 Å². The predicted molar refractivity (Wildman–Crippen MR) is 273 cm³/mol. The molecule has 0 aliphatic carbocycles. The Morgan fingerprint density at radius 3 is 2.00 bits per heavy atom. The summed E-state index contributed by atoms with van der Waals surface area (Å²) in [6, 6.07) is 6.92. The van der Waals surface area contributed by atoms with E-state index in [2.05, 4.69) is 36.2 Å². The van der Waals surface area contributed by atoms with Crippen molar-refractivity contribution in [2.75, 3.05) is 137 Å². The van der Waals surface area contributed by atoms with E-state index in [9.17, 15) is 32.7 Å². The third-order valence-corrected chi connectivity index (χ3v) is 12.7. The van der Waals surface area contributed by atoms with Crippen molar-refractivity contribution in [2.24, 2.45) is 0 Å². The summed E-state index contributed by atoms with van der Waals surface area (Å²) in [5.41, 5.74) is 3.06. The van der Waals surface area contributed by atoms with E-state index in [0.29, 0.717) is 135 Å². The number of rotatable bonds is 38. The molecule has 2 fully saturated rings. The summed E-state index contributed by atoms with van der Waals surface area (Å²) in [6.45, 7) is 8.96. The standard InChI is InChI=1S/C49H65ClF3N8O18P/c1-32-22-33(34-26-59(27-34)46-37-25-54-61(47(37)56-49(50)55-46)48-44(64)43(63)41(78-48)30-76-31-80(65,66)67)2-3-40(32)77-21-20-74-17-16-72-14-15-73-18-19-75-29-36-28-60(58-57-36)5-7-69-9-11-71-13-12-70-10-8-68-6-4-42(62)79-45-38(52)23-35(51)24-39(45)53/h2-3,22-25,28,34,41,43-44,48,63-64H,4-21,26-27,29-31H2,1H3,(H2,65,66,67)/t41?,43-,44-,48-/m1/s1. The molecule has 4 N–H and O–H groups in total. The lowest BCUT2D eigenvalue weighted by Gasteiger charge is -2.40. The molecule has 3 aromatic heterocycles. The molecule has 80 heavy (non-hydrogen) atoms. The van der Waals surface area contributed by atoms with Gasteiger partial charge < -0.3 is 81.7 Å². The molecule has 0 bridgehead atoms. The number of nitrogens with zero attached hydrogens (tertiary/aromatic N) is 8. The first kappa shape index (κ1) is 62.5. The molecule has 26 nitrogen and oxygen atoms in total. The van der Waals surface area contributed by atoms with Crippen LogP contribution in [0, 0.1) is 24.4 Å². The van der Waals surface area contributed by atoms with Crippen molar-refractivity contribution < 1.29 is 99.4 Å². The Morgan fingerprint density at radius 1 is 0.775 bits per heavy atom. The van der Waals surface area contributed by atoms with E-state index in [1.54, 1.807) is 10.9 Å². The summed E-state index contributed by atoms with van der Waals surface area (Å²) in [6.07, 6.45) is -2.92. The van der Waals surface area contributed by atoms with Crippen molar-refractivity contribution in [3.63, 3.8) is 0 Å². The second-order valence-corrected chi connectivity index (χ2v) is 20.0. The number of hydrogen-bond acceptors (Lipinski definition) is 22. The Morgan fingerprint density at radius 2 is 1.38 bits per heavy atom. The van der Waals surface area contributed by atoms with Crippen molar-refractivity contribution in [3.05, 3.63) is 82.3 Å². The molecule has 0 radical (unpaired) electrons. The van der Waals surface area contributed by atoms with E-state index >= 15 is 0 Å². The number of carbonyl (C=O) groups excluding carboxylic acids is 1. The van der Waals surface area contributed by atoms with Gasteiger partial charge in [-0.1, -0.05) is 17.3 Å². The van der Waals surface area contributed by atoms with Crippen LogP contribution in [-0.4, -0.2) is 211 Å². The van der Waals surface area contributed by atoms with Crippen LogP contribution in [0.4, 0.5) is 19.0 Å². The largest absolute Gasteiger partial charge is 0.491 e. The zero-order valence-corrected chi connectivity index (χ0v) is 45.4. The van der Waals surface area contributed by atoms with E-state index in [0.717, 1.165) is 16.9 Å². The average molecular weight is 1180 g/mol. The number of aryl methyl sites for hydroxylation is 1. The molecule has 0 spiro atoms. The number of esters is 1. The monoisotopic (exact) mass is 1180 g/mol. The number of benzene rings is 2. The van der Waals surface area contributed by atoms with Gasteiger partial charge in [-0.15, -0.1) is 5.10 Å². The third kappa shape index (κ3) is 19.6. The van der Waals surface area contributed by atoms with Gasteiger partial charge in [-0.3, -0.25) is 9.36 Å². The van der Waals surface area contributed by atoms with E-state index in [1.807, 2.05) is 24.0 Å². The highest BCUT2D eigenvalue weighted by molar-refractivity contribution is 7.51. The van der Waals surface area contributed by atoms with Crippen LogP contribution in [0.1, 0.15) is 35.4 Å². The number of aliphatic hydroxyl groups is 2. The number of aliphatic hydroxyl groups excluding tert-OH is 2. The molecule has 2 aliphatic heterocycles. The molecule has 5 aromatic rings. The van der Waals surface area contributed by atoms with Crippen molar-refractivity contribution in [3.8, 4) is 11.5 Å². The van der Waals surface area contributed by atoms with Crippen molar-refractivity contribution >= 4 is 42.0 Å². The molecule has 31 heteroatoms. The van der Waals surface area contributed by atoms with Gasteiger partial charge >= 0.3 is 13.6 Å². The number of halogens is 4. The normalized spacial score (nSPS) is 17.7. The molecule has 2 saturated heterocycles. The number of hydrogen-bond donors (Lipinski definition) is 4.